The normalized spacial score (nSPS) is 18.4. The fourth-order valence-electron chi connectivity index (χ4n) is 2.76. The molecule has 0 aliphatic heterocycles. The molecule has 2 rings (SSSR count). The molecule has 1 aliphatic carbocycles. The third-order valence-electron chi connectivity index (χ3n) is 3.59. The maximum absolute atomic E-state index is 13.6. The molecule has 0 aromatic heterocycles. The van der Waals surface area contributed by atoms with Crippen molar-refractivity contribution in [2.75, 3.05) is 0 Å². The second-order valence-corrected chi connectivity index (χ2v) is 4.88. The summed E-state index contributed by atoms with van der Waals surface area (Å²) in [6.45, 7) is 0.874. The number of nitrogens with zero attached hydrogens (tertiary/aromatic N) is 1. The minimum Gasteiger partial charge on any atom is -0.211 e. The zero-order chi connectivity index (χ0) is 13.2. The van der Waals surface area contributed by atoms with Gasteiger partial charge in [0.05, 0.1) is 5.54 Å². The minimum absolute atomic E-state index is 0.0362. The first-order valence-electron chi connectivity index (χ1n) is 6.06. The Kier molecular flexibility index (Phi) is 3.31. The third-order valence-corrected chi connectivity index (χ3v) is 3.59. The molecular formula is C14H15F2NO. The fourth-order valence-corrected chi connectivity index (χ4v) is 2.76. The summed E-state index contributed by atoms with van der Waals surface area (Å²) >= 11 is 0. The number of isocyanates is 1. The van der Waals surface area contributed by atoms with Gasteiger partial charge in [0.2, 0.25) is 6.08 Å². The van der Waals surface area contributed by atoms with Gasteiger partial charge >= 0.3 is 0 Å². The van der Waals surface area contributed by atoms with Gasteiger partial charge in [0, 0.05) is 12.5 Å². The average molecular weight is 251 g/mol. The van der Waals surface area contributed by atoms with Gasteiger partial charge in [0.15, 0.2) is 0 Å². The summed E-state index contributed by atoms with van der Waals surface area (Å²) in [5, 5.41) is 0. The number of alkyl halides is 2. The number of carbonyl (C=O) groups excluding carboxylic acids is 1. The summed E-state index contributed by atoms with van der Waals surface area (Å²) in [4.78, 5) is 14.5. The zero-order valence-electron chi connectivity index (χ0n) is 10.2. The Morgan fingerprint density at radius 3 is 2.44 bits per heavy atom. The Bertz CT molecular complexity index is 481. The van der Waals surface area contributed by atoms with Crippen LogP contribution in [-0.4, -0.2) is 6.08 Å². The van der Waals surface area contributed by atoms with E-state index in [-0.39, 0.29) is 5.56 Å². The van der Waals surface area contributed by atoms with Crippen LogP contribution < -0.4 is 0 Å². The number of hydrogen-bond donors (Lipinski definition) is 0. The van der Waals surface area contributed by atoms with Gasteiger partial charge in [-0.15, -0.1) is 0 Å². The van der Waals surface area contributed by atoms with Crippen LogP contribution in [-0.2, 0) is 16.3 Å². The van der Waals surface area contributed by atoms with Crippen LogP contribution in [0.1, 0.15) is 43.7 Å². The Labute approximate surface area is 105 Å². The highest BCUT2D eigenvalue weighted by atomic mass is 19.3. The van der Waals surface area contributed by atoms with E-state index < -0.39 is 11.5 Å². The van der Waals surface area contributed by atoms with Gasteiger partial charge in [0.25, 0.3) is 5.92 Å². The number of rotatable bonds is 3. The van der Waals surface area contributed by atoms with E-state index >= 15 is 0 Å². The average Bonchev–Trinajstić information content (AvgIpc) is 2.78. The van der Waals surface area contributed by atoms with Crippen LogP contribution in [0.4, 0.5) is 8.78 Å². The van der Waals surface area contributed by atoms with Crippen molar-refractivity contribution in [2.45, 2.75) is 44.1 Å². The molecule has 2 nitrogen and oxygen atoms in total. The maximum Gasteiger partial charge on any atom is 0.270 e. The molecule has 96 valence electrons. The fraction of sp³-hybridized carbons (Fsp3) is 0.500. The van der Waals surface area contributed by atoms with Crippen LogP contribution in [0.25, 0.3) is 0 Å². The number of aliphatic imine (C=N–C) groups is 1. The van der Waals surface area contributed by atoms with E-state index in [4.69, 9.17) is 0 Å². The Morgan fingerprint density at radius 1 is 1.28 bits per heavy atom. The smallest absolute Gasteiger partial charge is 0.211 e. The van der Waals surface area contributed by atoms with E-state index in [9.17, 15) is 13.6 Å². The van der Waals surface area contributed by atoms with E-state index in [2.05, 4.69) is 4.99 Å². The molecular weight excluding hydrogens is 236 g/mol. The first kappa shape index (κ1) is 12.9. The summed E-state index contributed by atoms with van der Waals surface area (Å²) in [7, 11) is 0. The van der Waals surface area contributed by atoms with Crippen molar-refractivity contribution in [3.63, 3.8) is 0 Å². The molecule has 1 aromatic rings. The molecule has 4 heteroatoms. The number of benzene rings is 1. The van der Waals surface area contributed by atoms with E-state index in [1.54, 1.807) is 24.3 Å². The predicted octanol–water partition coefficient (Wildman–Crippen LogP) is 3.90. The molecule has 1 fully saturated rings. The lowest BCUT2D eigenvalue weighted by Crippen LogP contribution is -2.24. The molecule has 0 saturated heterocycles. The lowest BCUT2D eigenvalue weighted by atomic mass is 9.84. The summed E-state index contributed by atoms with van der Waals surface area (Å²) in [6.07, 6.45) is 4.62. The van der Waals surface area contributed by atoms with Gasteiger partial charge in [-0.2, -0.15) is 4.99 Å². The molecule has 18 heavy (non-hydrogen) atoms. The van der Waals surface area contributed by atoms with Crippen molar-refractivity contribution in [2.24, 2.45) is 4.99 Å². The quantitative estimate of drug-likeness (QED) is 0.591. The first-order chi connectivity index (χ1) is 8.49. The summed E-state index contributed by atoms with van der Waals surface area (Å²) in [6, 6.07) is 6.36. The van der Waals surface area contributed by atoms with E-state index in [1.165, 1.54) is 6.07 Å². The molecule has 1 saturated carbocycles. The molecule has 0 unspecified atom stereocenters. The van der Waals surface area contributed by atoms with Gasteiger partial charge < -0.3 is 0 Å². The molecule has 0 heterocycles. The van der Waals surface area contributed by atoms with Gasteiger partial charge in [-0.1, -0.05) is 37.1 Å². The molecule has 0 bridgehead atoms. The largest absolute Gasteiger partial charge is 0.270 e. The van der Waals surface area contributed by atoms with Crippen LogP contribution in [0.5, 0.6) is 0 Å². The van der Waals surface area contributed by atoms with Crippen LogP contribution in [0.2, 0.25) is 0 Å². The zero-order valence-corrected chi connectivity index (χ0v) is 10.2. The second-order valence-electron chi connectivity index (χ2n) is 4.88. The van der Waals surface area contributed by atoms with Crippen molar-refractivity contribution in [3.05, 3.63) is 35.4 Å². The molecule has 0 atom stereocenters. The van der Waals surface area contributed by atoms with Crippen molar-refractivity contribution < 1.29 is 13.6 Å². The van der Waals surface area contributed by atoms with Crippen molar-refractivity contribution in [1.82, 2.24) is 0 Å². The number of halogens is 2. The van der Waals surface area contributed by atoms with Gasteiger partial charge in [-0.25, -0.2) is 13.6 Å². The van der Waals surface area contributed by atoms with Crippen LogP contribution in [0.3, 0.4) is 0 Å². The Hall–Kier alpha value is -1.54. The van der Waals surface area contributed by atoms with E-state index in [0.29, 0.717) is 18.4 Å². The molecule has 1 aliphatic rings. The topological polar surface area (TPSA) is 29.4 Å². The Balaban J connectivity index is 2.59. The molecule has 0 amide bonds. The van der Waals surface area contributed by atoms with E-state index in [0.717, 1.165) is 19.8 Å². The van der Waals surface area contributed by atoms with Gasteiger partial charge in [0.1, 0.15) is 0 Å². The third kappa shape index (κ3) is 2.21. The van der Waals surface area contributed by atoms with Gasteiger partial charge in [-0.05, 0) is 18.4 Å². The van der Waals surface area contributed by atoms with E-state index in [1.807, 2.05) is 0 Å². The standard InChI is InChI=1S/C14H15F2NO/c1-13(15,16)11-6-2-3-7-12(11)14(17-10-18)8-4-5-9-14/h2-3,6-7H,4-5,8-9H2,1H3. The van der Waals surface area contributed by atoms with Crippen LogP contribution in [0, 0.1) is 0 Å². The number of hydrogen-bond acceptors (Lipinski definition) is 2. The summed E-state index contributed by atoms with van der Waals surface area (Å²) in [5.74, 6) is -2.93. The second kappa shape index (κ2) is 4.62. The van der Waals surface area contributed by atoms with Crippen LogP contribution in [0.15, 0.2) is 29.3 Å². The van der Waals surface area contributed by atoms with Crippen molar-refractivity contribution in [3.8, 4) is 0 Å². The molecule has 1 aromatic carbocycles. The maximum atomic E-state index is 13.6. The highest BCUT2D eigenvalue weighted by molar-refractivity contribution is 5.43. The Morgan fingerprint density at radius 2 is 1.89 bits per heavy atom. The SMILES string of the molecule is CC(F)(F)c1ccccc1C1(N=C=O)CCCC1. The highest BCUT2D eigenvalue weighted by Gasteiger charge is 2.41. The lowest BCUT2D eigenvalue weighted by Gasteiger charge is -2.27. The summed E-state index contributed by atoms with van der Waals surface area (Å²) < 4.78 is 27.3. The molecule has 0 spiro atoms. The van der Waals surface area contributed by atoms with Gasteiger partial charge in [-0.3, -0.25) is 0 Å². The summed E-state index contributed by atoms with van der Waals surface area (Å²) in [5.41, 5.74) is -0.359. The lowest BCUT2D eigenvalue weighted by molar-refractivity contribution is 0.0153. The molecule has 0 radical (unpaired) electrons. The van der Waals surface area contributed by atoms with Crippen LogP contribution >= 0.6 is 0 Å². The molecule has 0 N–H and O–H groups in total. The van der Waals surface area contributed by atoms with Crippen molar-refractivity contribution in [1.29, 1.82) is 0 Å². The first-order valence-corrected chi connectivity index (χ1v) is 6.06. The predicted molar refractivity (Wildman–Crippen MR) is 64.3 cm³/mol. The van der Waals surface area contributed by atoms with Crippen molar-refractivity contribution >= 4 is 6.08 Å². The highest BCUT2D eigenvalue weighted by Crippen LogP contribution is 2.46. The monoisotopic (exact) mass is 251 g/mol. The minimum atomic E-state index is -2.93.